The summed E-state index contributed by atoms with van der Waals surface area (Å²) in [5, 5.41) is 16.9. The number of phenols is 1. The Morgan fingerprint density at radius 3 is 2.23 bits per heavy atom. The molecule has 2 atom stereocenters. The second-order valence-corrected chi connectivity index (χ2v) is 8.67. The fraction of sp³-hybridized carbons (Fsp3) is 0.333. The molecule has 0 aromatic heterocycles. The molecule has 0 bridgehead atoms. The van der Waals surface area contributed by atoms with Crippen LogP contribution in [0.4, 0.5) is 11.4 Å². The zero-order valence-electron chi connectivity index (χ0n) is 20.4. The van der Waals surface area contributed by atoms with Gasteiger partial charge in [-0.05, 0) is 83.2 Å². The highest BCUT2D eigenvalue weighted by atomic mass is 16.5. The van der Waals surface area contributed by atoms with E-state index < -0.39 is 0 Å². The van der Waals surface area contributed by atoms with E-state index in [1.165, 1.54) is 14.2 Å². The van der Waals surface area contributed by atoms with Crippen LogP contribution in [0.25, 0.3) is 0 Å². The number of nitrogens with zero attached hydrogens (tertiary/aromatic N) is 2. The van der Waals surface area contributed by atoms with Crippen molar-refractivity contribution in [2.24, 2.45) is 10.4 Å². The minimum absolute atomic E-state index is 0.0963. The molecule has 0 saturated carbocycles. The van der Waals surface area contributed by atoms with Crippen LogP contribution >= 0.6 is 0 Å². The van der Waals surface area contributed by atoms with Crippen molar-refractivity contribution in [2.75, 3.05) is 20.8 Å². The Labute approximate surface area is 203 Å². The van der Waals surface area contributed by atoms with Gasteiger partial charge in [0.15, 0.2) is 17.2 Å². The summed E-state index contributed by atoms with van der Waals surface area (Å²) < 4.78 is 17.1. The van der Waals surface area contributed by atoms with E-state index in [9.17, 15) is 14.9 Å². The number of nitroso groups, excluding NO2 is 2. The monoisotopic (exact) mass is 476 g/mol. The van der Waals surface area contributed by atoms with Crippen LogP contribution in [0.15, 0.2) is 46.8 Å². The highest BCUT2D eigenvalue weighted by Crippen LogP contribution is 2.52. The van der Waals surface area contributed by atoms with E-state index >= 15 is 0 Å². The highest BCUT2D eigenvalue weighted by molar-refractivity contribution is 5.66. The van der Waals surface area contributed by atoms with Crippen LogP contribution in [0.3, 0.4) is 0 Å². The van der Waals surface area contributed by atoms with Crippen LogP contribution < -0.4 is 14.2 Å². The number of methoxy groups -OCH3 is 2. The molecule has 0 amide bonds. The van der Waals surface area contributed by atoms with Crippen molar-refractivity contribution in [3.8, 4) is 23.0 Å². The first-order valence-electron chi connectivity index (χ1n) is 11.4. The molecule has 35 heavy (non-hydrogen) atoms. The zero-order valence-corrected chi connectivity index (χ0v) is 20.4. The second-order valence-electron chi connectivity index (χ2n) is 8.67. The van der Waals surface area contributed by atoms with Crippen molar-refractivity contribution >= 4 is 11.4 Å². The summed E-state index contributed by atoms with van der Waals surface area (Å²) in [6.07, 6.45) is 0.658. The van der Waals surface area contributed by atoms with Gasteiger partial charge >= 0.3 is 0 Å². The molecule has 1 N–H and O–H groups in total. The number of aromatic hydroxyl groups is 1. The molecule has 0 spiro atoms. The molecule has 8 nitrogen and oxygen atoms in total. The van der Waals surface area contributed by atoms with Crippen LogP contribution in [0.1, 0.15) is 52.1 Å². The van der Waals surface area contributed by atoms with Gasteiger partial charge in [-0.3, -0.25) is 0 Å². The van der Waals surface area contributed by atoms with E-state index in [-0.39, 0.29) is 23.3 Å². The fourth-order valence-electron chi connectivity index (χ4n) is 5.02. The maximum absolute atomic E-state index is 11.5. The summed E-state index contributed by atoms with van der Waals surface area (Å²) in [5.41, 5.74) is 5.70. The molecule has 0 saturated heterocycles. The molecule has 3 aromatic rings. The fourth-order valence-corrected chi connectivity index (χ4v) is 5.02. The smallest absolute Gasteiger partial charge is 0.191 e. The van der Waals surface area contributed by atoms with Crippen LogP contribution in [0, 0.1) is 23.7 Å². The summed E-state index contributed by atoms with van der Waals surface area (Å²) in [5.74, 6) is 1.16. The Kier molecular flexibility index (Phi) is 6.73. The van der Waals surface area contributed by atoms with Gasteiger partial charge in [-0.1, -0.05) is 13.0 Å². The summed E-state index contributed by atoms with van der Waals surface area (Å²) >= 11 is 0. The van der Waals surface area contributed by atoms with E-state index in [0.717, 1.165) is 27.8 Å². The summed E-state index contributed by atoms with van der Waals surface area (Å²) in [4.78, 5) is 22.6. The molecule has 1 aliphatic heterocycles. The Morgan fingerprint density at radius 1 is 1.00 bits per heavy atom. The van der Waals surface area contributed by atoms with Crippen molar-refractivity contribution in [1.82, 2.24) is 0 Å². The molecular weight excluding hydrogens is 448 g/mol. The quantitative estimate of drug-likeness (QED) is 0.381. The van der Waals surface area contributed by atoms with Crippen LogP contribution in [-0.2, 0) is 6.42 Å². The van der Waals surface area contributed by atoms with E-state index in [0.29, 0.717) is 41.5 Å². The molecule has 4 rings (SSSR count). The first-order chi connectivity index (χ1) is 16.9. The van der Waals surface area contributed by atoms with Gasteiger partial charge in [-0.15, -0.1) is 9.81 Å². The van der Waals surface area contributed by atoms with Gasteiger partial charge in [0.1, 0.15) is 17.2 Å². The average Bonchev–Trinajstić information content (AvgIpc) is 2.89. The van der Waals surface area contributed by atoms with Gasteiger partial charge < -0.3 is 19.3 Å². The molecule has 0 radical (unpaired) electrons. The largest absolute Gasteiger partial charge is 0.507 e. The standard InChI is InChI=1S/C27H28N2O6/c1-6-16-10-20-24(19-8-7-18(28-31)9-14(19)2)21(13-35-27(20)15(3)26(16)30)17-11-22(33-4)25(29-32)23(12-17)34-5/h7-12,21,24,30H,6,13H2,1-5H3. The topological polar surface area (TPSA) is 107 Å². The number of phenolic OH excluding ortho intramolecular Hbond substituents is 1. The van der Waals surface area contributed by atoms with Gasteiger partial charge in [0.05, 0.1) is 20.8 Å². The lowest BCUT2D eigenvalue weighted by molar-refractivity contribution is 0.244. The normalized spacial score (nSPS) is 16.7. The van der Waals surface area contributed by atoms with E-state index in [1.807, 2.05) is 32.9 Å². The third-order valence-electron chi connectivity index (χ3n) is 6.83. The lowest BCUT2D eigenvalue weighted by Crippen LogP contribution is -2.26. The third kappa shape index (κ3) is 4.09. The van der Waals surface area contributed by atoms with Gasteiger partial charge in [-0.25, -0.2) is 0 Å². The number of hydrogen-bond donors (Lipinski definition) is 1. The summed E-state index contributed by atoms with van der Waals surface area (Å²) in [6, 6.07) is 11.0. The Balaban J connectivity index is 1.99. The first-order valence-corrected chi connectivity index (χ1v) is 11.4. The van der Waals surface area contributed by atoms with Gasteiger partial charge in [-0.2, -0.15) is 0 Å². The number of benzene rings is 3. The minimum atomic E-state index is -0.187. The van der Waals surface area contributed by atoms with Gasteiger partial charge in [0.2, 0.25) is 0 Å². The molecule has 1 heterocycles. The van der Waals surface area contributed by atoms with Gasteiger partial charge in [0, 0.05) is 23.0 Å². The second kappa shape index (κ2) is 9.74. The minimum Gasteiger partial charge on any atom is -0.507 e. The average molecular weight is 477 g/mol. The van der Waals surface area contributed by atoms with Crippen LogP contribution in [0.2, 0.25) is 0 Å². The lowest BCUT2D eigenvalue weighted by Gasteiger charge is -2.37. The maximum atomic E-state index is 11.5. The van der Waals surface area contributed by atoms with E-state index in [1.54, 1.807) is 24.3 Å². The molecule has 1 aliphatic rings. The van der Waals surface area contributed by atoms with Crippen molar-refractivity contribution in [2.45, 2.75) is 39.0 Å². The Hall–Kier alpha value is -3.94. The summed E-state index contributed by atoms with van der Waals surface area (Å²) in [7, 11) is 2.96. The van der Waals surface area contributed by atoms with Crippen molar-refractivity contribution in [1.29, 1.82) is 0 Å². The van der Waals surface area contributed by atoms with Crippen molar-refractivity contribution < 1.29 is 19.3 Å². The zero-order chi connectivity index (χ0) is 25.3. The number of aryl methyl sites for hydroxylation is 2. The summed E-state index contributed by atoms with van der Waals surface area (Å²) in [6.45, 7) is 6.11. The lowest BCUT2D eigenvalue weighted by atomic mass is 9.73. The van der Waals surface area contributed by atoms with Crippen molar-refractivity contribution in [3.63, 3.8) is 0 Å². The third-order valence-corrected chi connectivity index (χ3v) is 6.83. The predicted octanol–water partition coefficient (Wildman–Crippen LogP) is 6.69. The molecule has 8 heteroatoms. The maximum Gasteiger partial charge on any atom is 0.191 e. The molecule has 3 aromatic carbocycles. The number of fused-ring (bicyclic) bond motifs is 1. The molecule has 0 fully saturated rings. The van der Waals surface area contributed by atoms with E-state index in [4.69, 9.17) is 14.2 Å². The molecule has 182 valence electrons. The molecule has 0 aliphatic carbocycles. The number of ether oxygens (including phenoxy) is 3. The molecule has 2 unspecified atom stereocenters. The predicted molar refractivity (Wildman–Crippen MR) is 134 cm³/mol. The van der Waals surface area contributed by atoms with Gasteiger partial charge in [0.25, 0.3) is 0 Å². The Morgan fingerprint density at radius 2 is 1.69 bits per heavy atom. The van der Waals surface area contributed by atoms with E-state index in [2.05, 4.69) is 10.4 Å². The first kappa shape index (κ1) is 24.2. The van der Waals surface area contributed by atoms with Crippen LogP contribution in [-0.4, -0.2) is 25.9 Å². The van der Waals surface area contributed by atoms with Crippen molar-refractivity contribution in [3.05, 3.63) is 79.6 Å². The van der Waals surface area contributed by atoms with Crippen LogP contribution in [0.5, 0.6) is 23.0 Å². The SMILES string of the molecule is CCc1cc2c(c(C)c1O)OCC(c1cc(OC)c(N=O)c(OC)c1)C2c1ccc(N=O)cc1C. The molecular formula is C27H28N2O6. The Bertz CT molecular complexity index is 1280. The number of hydrogen-bond acceptors (Lipinski definition) is 8. The number of rotatable bonds is 7. The highest BCUT2D eigenvalue weighted by Gasteiger charge is 2.37.